The number of aromatic nitrogens is 2. The average Bonchev–Trinajstić information content (AvgIpc) is 4.20. The Hall–Kier alpha value is -6.46. The standard InChI is InChI=1S/C56H25F9N4O2S2/c1-71-21(70)3-2-12-52(46-48-50(68-72-66-48)47(51-49(46)67-73-69-51)53(57,58)54(59,60)55(61,62)56(63,64)65)44-30-19-10-8-17-15-6-4-13-14-5-7-16-18-9-11-20-29-27(18)34-25(16)23(14)32-22(13)24(15)33-26(17)28(19)35-37(30)38(31(20)45(44)52)36(29)43-41(34)39(32)40(33)42(35)43/h4-11,13,15,17,22,24,26,44-45H,2-3,12H2,1H3. The highest BCUT2D eigenvalue weighted by Crippen LogP contribution is 2.83. The van der Waals surface area contributed by atoms with Gasteiger partial charge in [0, 0.05) is 47.0 Å². The number of esters is 1. The second kappa shape index (κ2) is 10.9. The molecule has 0 saturated heterocycles. The Morgan fingerprint density at radius 3 is 2.14 bits per heavy atom. The zero-order valence-corrected chi connectivity index (χ0v) is 38.8. The number of carbonyl (C=O) groups excluding carboxylic acids is 1. The van der Waals surface area contributed by atoms with E-state index in [1.165, 1.54) is 99.2 Å². The molecule has 17 heteroatoms. The van der Waals surface area contributed by atoms with E-state index in [2.05, 4.69) is 66.0 Å². The summed E-state index contributed by atoms with van der Waals surface area (Å²) < 4.78 is 157. The van der Waals surface area contributed by atoms with Crippen LogP contribution in [0.4, 0.5) is 50.9 Å². The second-order valence-corrected chi connectivity index (χ2v) is 23.5. The summed E-state index contributed by atoms with van der Waals surface area (Å²) >= 11 is 0.721. The zero-order chi connectivity index (χ0) is 48.7. The van der Waals surface area contributed by atoms with Crippen LogP contribution in [0.3, 0.4) is 0 Å². The van der Waals surface area contributed by atoms with Crippen molar-refractivity contribution in [1.82, 2.24) is 8.75 Å². The smallest absolute Gasteiger partial charge is 0.460 e. The highest BCUT2D eigenvalue weighted by Gasteiger charge is 2.83. The van der Waals surface area contributed by atoms with Crippen molar-refractivity contribution < 1.29 is 49.0 Å². The molecule has 11 aromatic rings. The molecule has 73 heavy (non-hydrogen) atoms. The maximum atomic E-state index is 16.7. The van der Waals surface area contributed by atoms with Crippen LogP contribution < -0.4 is 5.22 Å². The van der Waals surface area contributed by atoms with Crippen LogP contribution in [-0.2, 0) is 32.2 Å². The Bertz CT molecular complexity index is 4880. The van der Waals surface area contributed by atoms with Crippen LogP contribution in [0, 0.1) is 17.8 Å². The monoisotopic (exact) mass is 1020 g/mol. The minimum absolute atomic E-state index is 0.0423. The minimum Gasteiger partial charge on any atom is -0.469 e. The quantitative estimate of drug-likeness (QED) is 0.0658. The number of alkyl halides is 9. The van der Waals surface area contributed by atoms with Crippen molar-refractivity contribution in [3.8, 4) is 0 Å². The number of carbonyl (C=O) groups is 1. The largest absolute Gasteiger partial charge is 0.469 e. The molecule has 9 unspecified atom stereocenters. The maximum absolute atomic E-state index is 16.7. The van der Waals surface area contributed by atoms with Gasteiger partial charge in [-0.15, -0.1) is 0 Å². The first-order chi connectivity index (χ1) is 35.1. The van der Waals surface area contributed by atoms with Gasteiger partial charge in [-0.3, -0.25) is 4.79 Å². The zero-order valence-electron chi connectivity index (χ0n) is 37.2. The molecule has 1 aliphatic heterocycles. The summed E-state index contributed by atoms with van der Waals surface area (Å²) in [5.74, 6) is -20.3. The summed E-state index contributed by atoms with van der Waals surface area (Å²) in [5.41, 5.74) is 3.53. The summed E-state index contributed by atoms with van der Waals surface area (Å²) in [6, 6.07) is 9.15. The van der Waals surface area contributed by atoms with Gasteiger partial charge in [0.2, 0.25) is 0 Å². The van der Waals surface area contributed by atoms with E-state index >= 15 is 17.6 Å². The Balaban J connectivity index is 0.961. The summed E-state index contributed by atoms with van der Waals surface area (Å²) in [5, 5.41) is 21.3. The average molecular weight is 1020 g/mol. The Morgan fingerprint density at radius 1 is 0.658 bits per heavy atom. The van der Waals surface area contributed by atoms with Gasteiger partial charge in [0.1, 0.15) is 22.4 Å². The van der Waals surface area contributed by atoms with Gasteiger partial charge >= 0.3 is 29.9 Å². The maximum Gasteiger partial charge on any atom is 0.460 e. The van der Waals surface area contributed by atoms with Crippen molar-refractivity contribution in [2.75, 3.05) is 7.11 Å². The molecule has 0 spiro atoms. The van der Waals surface area contributed by atoms with E-state index in [4.69, 9.17) is 4.74 Å². The van der Waals surface area contributed by atoms with Gasteiger partial charge in [-0.25, -0.2) is 0 Å². The van der Waals surface area contributed by atoms with E-state index < -0.39 is 63.9 Å². The third-order valence-electron chi connectivity index (χ3n) is 20.5. The van der Waals surface area contributed by atoms with Gasteiger partial charge in [0.15, 0.2) is 0 Å². The summed E-state index contributed by atoms with van der Waals surface area (Å²) in [6.07, 6.45) is 3.03. The van der Waals surface area contributed by atoms with Gasteiger partial charge < -0.3 is 4.74 Å². The van der Waals surface area contributed by atoms with Crippen LogP contribution in [0.2, 0.25) is 0 Å². The molecule has 10 aromatic carbocycles. The number of halogens is 9. The number of hydrogen-bond acceptors (Lipinski definition) is 7. The SMILES string of the molecule is COC(=O)CCCC1(c2c3c(c(C(F)(F)C(F)(F)C(F)(F)C(F)(F)F)c4nsnc24)N=S=N3)C2c3c4c5c6c3c3c(c7ccc8c9ccc%10c%11c%12c%13c(c6c6c%13c(c%119)c8c7c36)=C3C5C(C=C4)C4C=CC%10C%12C34)C21. The third kappa shape index (κ3) is 3.39. The number of rotatable bonds is 8. The first kappa shape index (κ1) is 39.1. The van der Waals surface area contributed by atoms with E-state index in [1.54, 1.807) is 0 Å². The molecular formula is C56H25F9N4O2S2. The van der Waals surface area contributed by atoms with Crippen molar-refractivity contribution in [2.45, 2.75) is 78.2 Å². The van der Waals surface area contributed by atoms with Crippen LogP contribution >= 0.6 is 11.7 Å². The fourth-order valence-electron chi connectivity index (χ4n) is 18.6. The first-order valence-corrected chi connectivity index (χ1v) is 25.9. The molecule has 2 fully saturated rings. The predicted molar refractivity (Wildman–Crippen MR) is 260 cm³/mol. The van der Waals surface area contributed by atoms with E-state index in [0.717, 1.165) is 38.2 Å². The molecule has 6 nitrogen and oxygen atoms in total. The number of fused-ring (bicyclic) bond motifs is 10. The molecule has 0 bridgehead atoms. The van der Waals surface area contributed by atoms with Crippen molar-refractivity contribution in [3.63, 3.8) is 0 Å². The normalized spacial score (nSPS) is 28.3. The topological polar surface area (TPSA) is 76.8 Å². The van der Waals surface area contributed by atoms with Crippen LogP contribution in [0.15, 0.2) is 51.2 Å². The molecule has 20 rings (SSSR count). The summed E-state index contributed by atoms with van der Waals surface area (Å²) in [6.45, 7) is 0. The molecule has 0 N–H and O–H groups in total. The Labute approximate surface area is 409 Å². The van der Waals surface area contributed by atoms with E-state index in [1.807, 2.05) is 0 Å². The van der Waals surface area contributed by atoms with Crippen molar-refractivity contribution in [2.24, 2.45) is 26.5 Å². The lowest BCUT2D eigenvalue weighted by Crippen LogP contribution is -2.59. The van der Waals surface area contributed by atoms with E-state index in [0.29, 0.717) is 34.9 Å². The van der Waals surface area contributed by atoms with Crippen LogP contribution in [0.1, 0.15) is 93.4 Å². The van der Waals surface area contributed by atoms with E-state index in [9.17, 15) is 26.7 Å². The lowest BCUT2D eigenvalue weighted by molar-refractivity contribution is -0.399. The van der Waals surface area contributed by atoms with E-state index in [-0.39, 0.29) is 59.7 Å². The van der Waals surface area contributed by atoms with Crippen molar-refractivity contribution in [3.05, 3.63) is 92.2 Å². The molecule has 2 saturated carbocycles. The number of nitrogens with zero attached hydrogens (tertiary/aromatic N) is 4. The van der Waals surface area contributed by atoms with Crippen molar-refractivity contribution >= 4 is 149 Å². The van der Waals surface area contributed by atoms with Crippen LogP contribution in [0.5, 0.6) is 0 Å². The summed E-state index contributed by atoms with van der Waals surface area (Å²) in [7, 11) is 1.28. The lowest BCUT2D eigenvalue weighted by Gasteiger charge is -2.37. The van der Waals surface area contributed by atoms with Crippen molar-refractivity contribution in [1.29, 1.82) is 0 Å². The molecule has 8 aliphatic carbocycles. The first-order valence-electron chi connectivity index (χ1n) is 24.5. The molecule has 9 atom stereocenters. The number of ether oxygens (including phenoxy) is 1. The van der Waals surface area contributed by atoms with Gasteiger partial charge in [0.05, 0.1) is 35.8 Å². The van der Waals surface area contributed by atoms with Gasteiger partial charge in [-0.05, 0) is 161 Å². The highest BCUT2D eigenvalue weighted by molar-refractivity contribution is 7.58. The van der Waals surface area contributed by atoms with Gasteiger partial charge in [0.25, 0.3) is 0 Å². The Kier molecular flexibility index (Phi) is 5.81. The molecule has 356 valence electrons. The third-order valence-corrected chi connectivity index (χ3v) is 21.5. The molecule has 9 aliphatic rings. The summed E-state index contributed by atoms with van der Waals surface area (Å²) in [4.78, 5) is 13.1. The molecule has 0 amide bonds. The molecule has 1 aromatic heterocycles. The highest BCUT2D eigenvalue weighted by atomic mass is 32.1. The van der Waals surface area contributed by atoms with Gasteiger partial charge in [-0.2, -0.15) is 57.0 Å². The minimum atomic E-state index is -7.16. The second-order valence-electron chi connectivity index (χ2n) is 22.4. The Morgan fingerprint density at radius 2 is 1.33 bits per heavy atom. The van der Waals surface area contributed by atoms with Crippen LogP contribution in [0.25, 0.3) is 109 Å². The fourth-order valence-corrected chi connectivity index (χ4v) is 19.7. The molecule has 0 radical (unpaired) electrons. The van der Waals surface area contributed by atoms with Crippen LogP contribution in [-0.4, -0.2) is 39.8 Å². The fraction of sp³-hybridized carbons (Fsp3) is 0.304. The predicted octanol–water partition coefficient (Wildman–Crippen LogP) is 14.9. The molecule has 2 heterocycles. The lowest BCUT2D eigenvalue weighted by atomic mass is 9.65. The number of allylic oxidation sites excluding steroid dienone is 3. The van der Waals surface area contributed by atoms with Gasteiger partial charge in [-0.1, -0.05) is 48.6 Å². The number of hydrogen-bond donors (Lipinski definition) is 0. The molecular weight excluding hydrogens is 996 g/mol. The number of benzene rings is 6. The number of methoxy groups -OCH3 is 1.